The topological polar surface area (TPSA) is 29.5 Å². The lowest BCUT2D eigenvalue weighted by Gasteiger charge is -2.51. The molecule has 0 aliphatic heterocycles. The summed E-state index contributed by atoms with van der Waals surface area (Å²) in [7, 11) is 5.41. The Morgan fingerprint density at radius 1 is 0.889 bits per heavy atom. The summed E-state index contributed by atoms with van der Waals surface area (Å²) >= 11 is 0. The van der Waals surface area contributed by atoms with Crippen molar-refractivity contribution in [2.24, 2.45) is 35.5 Å². The van der Waals surface area contributed by atoms with Gasteiger partial charge in [0, 0.05) is 34.6 Å². The molecule has 0 unspecified atom stereocenters. The normalized spacial score (nSPS) is 28.4. The zero-order chi connectivity index (χ0) is 26.5. The quantitative estimate of drug-likeness (QED) is 0.434. The number of allylic oxidation sites excluding steroid dienone is 1. The molecule has 5 heteroatoms. The van der Waals surface area contributed by atoms with Crippen molar-refractivity contribution in [1.82, 2.24) is 0 Å². The molecular formula is C31H44B2O2Si. The third kappa shape index (κ3) is 5.49. The minimum Gasteiger partial charge on any atom is -0.407 e. The Hall–Kier alpha value is -1.55. The Morgan fingerprint density at radius 2 is 1.39 bits per heavy atom. The Kier molecular flexibility index (Phi) is 9.93. The van der Waals surface area contributed by atoms with Gasteiger partial charge in [-0.3, -0.25) is 0 Å². The number of hydrogen-bond acceptors (Lipinski definition) is 2. The number of hydrogen-bond donors (Lipinski definition) is 1. The average Bonchev–Trinajstić information content (AvgIpc) is 2.88. The van der Waals surface area contributed by atoms with E-state index in [0.29, 0.717) is 36.2 Å². The van der Waals surface area contributed by atoms with Crippen LogP contribution in [0.25, 0.3) is 0 Å². The van der Waals surface area contributed by atoms with Gasteiger partial charge in [0.05, 0.1) is 0 Å². The molecule has 1 saturated carbocycles. The van der Waals surface area contributed by atoms with Crippen LogP contribution in [-0.2, 0) is 4.43 Å². The first-order chi connectivity index (χ1) is 17.2. The summed E-state index contributed by atoms with van der Waals surface area (Å²) in [5.74, 6) is 3.06. The lowest BCUT2D eigenvalue weighted by Crippen LogP contribution is -2.67. The van der Waals surface area contributed by atoms with Crippen molar-refractivity contribution >= 4 is 34.2 Å². The van der Waals surface area contributed by atoms with Crippen LogP contribution in [0.2, 0.25) is 5.04 Å². The molecule has 1 fully saturated rings. The third-order valence-electron chi connectivity index (χ3n) is 8.99. The van der Waals surface area contributed by atoms with Gasteiger partial charge in [0.1, 0.15) is 0 Å². The molecule has 0 heterocycles. The van der Waals surface area contributed by atoms with E-state index in [2.05, 4.69) is 124 Å². The summed E-state index contributed by atoms with van der Waals surface area (Å²) in [6.45, 7) is 15.1. The molecule has 2 nitrogen and oxygen atoms in total. The van der Waals surface area contributed by atoms with Crippen LogP contribution >= 0.6 is 0 Å². The van der Waals surface area contributed by atoms with Gasteiger partial charge in [-0.25, -0.2) is 0 Å². The zero-order valence-electron chi connectivity index (χ0n) is 23.2. The van der Waals surface area contributed by atoms with Crippen molar-refractivity contribution in [3.8, 4) is 0 Å². The van der Waals surface area contributed by atoms with E-state index in [-0.39, 0.29) is 17.6 Å². The van der Waals surface area contributed by atoms with Crippen molar-refractivity contribution in [3.05, 3.63) is 72.3 Å². The first-order valence-corrected chi connectivity index (χ1v) is 15.5. The molecule has 0 spiro atoms. The largest absolute Gasteiger partial charge is 0.407 e. The predicted molar refractivity (Wildman–Crippen MR) is 157 cm³/mol. The van der Waals surface area contributed by atoms with Crippen molar-refractivity contribution in [2.75, 3.05) is 13.2 Å². The maximum Gasteiger partial charge on any atom is 0.261 e. The second-order valence-corrected chi connectivity index (χ2v) is 16.3. The first kappa shape index (κ1) is 29.0. The molecule has 4 rings (SSSR count). The molecule has 36 heavy (non-hydrogen) atoms. The lowest BCUT2D eigenvalue weighted by atomic mass is 9.57. The van der Waals surface area contributed by atoms with Crippen LogP contribution in [0.3, 0.4) is 0 Å². The van der Waals surface area contributed by atoms with Gasteiger partial charge >= 0.3 is 0 Å². The standard InChI is InChI=1S/C31H44O2Si.B2/c1-22-17-18-23(2)30-27(22)19-24(3)28(20-32)29(30)21-33-34(31(4,5)6,25-13-9-7-10-14-25)26-15-11-8-12-16-26;1-2/h7-16,19,22-23,27-30,32H,17-18,20-21H2,1-6H3;/t22-,23-,27-,28+,29+,30+;/m0./s1. The average molecular weight is 498 g/mol. The first-order valence-electron chi connectivity index (χ1n) is 13.6. The van der Waals surface area contributed by atoms with Gasteiger partial charge in [0.25, 0.3) is 8.32 Å². The van der Waals surface area contributed by atoms with E-state index in [4.69, 9.17) is 4.43 Å². The maximum absolute atomic E-state index is 10.5. The van der Waals surface area contributed by atoms with Crippen LogP contribution in [0, 0.1) is 35.5 Å². The SMILES string of the molecule is CC1=C[C@@H]2[C@H]([C@H](CO[Si](c3ccccc3)(c3ccccc3)C(C)(C)C)[C@@H]1CO)[C@@H](C)CC[C@@H]2C.[B][B]. The maximum atomic E-state index is 10.5. The highest BCUT2D eigenvalue weighted by Gasteiger charge is 2.52. The van der Waals surface area contributed by atoms with E-state index in [1.54, 1.807) is 0 Å². The van der Waals surface area contributed by atoms with E-state index < -0.39 is 8.32 Å². The summed E-state index contributed by atoms with van der Waals surface area (Å²) < 4.78 is 7.42. The highest BCUT2D eigenvalue weighted by molar-refractivity contribution is 6.99. The van der Waals surface area contributed by atoms with Crippen LogP contribution in [0.5, 0.6) is 0 Å². The molecule has 190 valence electrons. The molecule has 2 aromatic carbocycles. The van der Waals surface area contributed by atoms with Gasteiger partial charge in [-0.05, 0) is 58.3 Å². The van der Waals surface area contributed by atoms with Gasteiger partial charge in [-0.2, -0.15) is 0 Å². The Bertz CT molecular complexity index is 934. The molecule has 1 N–H and O–H groups in total. The van der Waals surface area contributed by atoms with Gasteiger partial charge in [0.15, 0.2) is 0 Å². The van der Waals surface area contributed by atoms with Crippen LogP contribution in [0.4, 0.5) is 0 Å². The molecule has 2 aliphatic carbocycles. The number of fused-ring (bicyclic) bond motifs is 1. The van der Waals surface area contributed by atoms with Crippen LogP contribution in [0.1, 0.15) is 54.4 Å². The Balaban J connectivity index is 0.00000176. The fourth-order valence-corrected chi connectivity index (χ4v) is 11.8. The van der Waals surface area contributed by atoms with Crippen molar-refractivity contribution in [2.45, 2.75) is 59.4 Å². The van der Waals surface area contributed by atoms with Crippen LogP contribution in [0.15, 0.2) is 72.3 Å². The second-order valence-electron chi connectivity index (χ2n) is 12.0. The molecule has 2 aromatic rings. The molecule has 0 amide bonds. The number of rotatable bonds is 6. The lowest BCUT2D eigenvalue weighted by molar-refractivity contribution is 0.00718. The molecule has 6 atom stereocenters. The van der Waals surface area contributed by atoms with E-state index in [9.17, 15) is 5.11 Å². The van der Waals surface area contributed by atoms with Gasteiger partial charge < -0.3 is 9.53 Å². The number of aliphatic hydroxyl groups excluding tert-OH is 1. The molecule has 0 bridgehead atoms. The third-order valence-corrected chi connectivity index (χ3v) is 14.0. The second kappa shape index (κ2) is 12.3. The Morgan fingerprint density at radius 3 is 1.86 bits per heavy atom. The van der Waals surface area contributed by atoms with E-state index in [1.807, 2.05) is 0 Å². The van der Waals surface area contributed by atoms with Crippen molar-refractivity contribution in [1.29, 1.82) is 0 Å². The van der Waals surface area contributed by atoms with Crippen LogP contribution < -0.4 is 10.4 Å². The molecule has 0 saturated heterocycles. The Labute approximate surface area is 223 Å². The van der Waals surface area contributed by atoms with E-state index in [1.165, 1.54) is 28.8 Å². The summed E-state index contributed by atoms with van der Waals surface area (Å²) in [4.78, 5) is 0. The minimum absolute atomic E-state index is 0.0329. The fourth-order valence-electron chi connectivity index (χ4n) is 7.17. The summed E-state index contributed by atoms with van der Waals surface area (Å²) in [6, 6.07) is 21.9. The van der Waals surface area contributed by atoms with Crippen molar-refractivity contribution < 1.29 is 9.53 Å². The highest BCUT2D eigenvalue weighted by atomic mass is 28.4. The molecule has 0 aromatic heterocycles. The monoisotopic (exact) mass is 498 g/mol. The molecular weight excluding hydrogens is 454 g/mol. The minimum atomic E-state index is -2.59. The summed E-state index contributed by atoms with van der Waals surface area (Å²) in [5, 5.41) is 13.1. The number of benzene rings is 2. The van der Waals surface area contributed by atoms with Gasteiger partial charge in [0.2, 0.25) is 0 Å². The van der Waals surface area contributed by atoms with Gasteiger partial charge in [-0.15, -0.1) is 0 Å². The zero-order valence-corrected chi connectivity index (χ0v) is 24.2. The van der Waals surface area contributed by atoms with E-state index in [0.717, 1.165) is 0 Å². The fraction of sp³-hybridized carbons (Fsp3) is 0.548. The van der Waals surface area contributed by atoms with Crippen molar-refractivity contribution in [3.63, 3.8) is 0 Å². The predicted octanol–water partition coefficient (Wildman–Crippen LogP) is 5.28. The highest BCUT2D eigenvalue weighted by Crippen LogP contribution is 2.51. The van der Waals surface area contributed by atoms with Gasteiger partial charge in [-0.1, -0.05) is 113 Å². The summed E-state index contributed by atoms with van der Waals surface area (Å²) in [5.41, 5.74) is 1.36. The van der Waals surface area contributed by atoms with Crippen LogP contribution in [-0.4, -0.2) is 42.1 Å². The summed E-state index contributed by atoms with van der Waals surface area (Å²) in [6.07, 6.45) is 5.09. The molecule has 4 radical (unpaired) electrons. The smallest absolute Gasteiger partial charge is 0.261 e. The molecule has 2 aliphatic rings. The number of aliphatic hydroxyl groups is 1. The van der Waals surface area contributed by atoms with E-state index >= 15 is 0 Å².